The lowest BCUT2D eigenvalue weighted by atomic mass is 10.2. The van der Waals surface area contributed by atoms with Crippen molar-refractivity contribution in [3.63, 3.8) is 0 Å². The number of nitrogens with zero attached hydrogens (tertiary/aromatic N) is 3. The van der Waals surface area contributed by atoms with Gasteiger partial charge >= 0.3 is 0 Å². The molecule has 8 nitrogen and oxygen atoms in total. The maximum atomic E-state index is 13.0. The zero-order chi connectivity index (χ0) is 23.8. The highest BCUT2D eigenvalue weighted by atomic mass is 32.2. The quantitative estimate of drug-likeness (QED) is 0.315. The van der Waals surface area contributed by atoms with Crippen LogP contribution in [-0.2, 0) is 11.0 Å². The molecule has 0 spiro atoms. The molecule has 3 N–H and O–H groups in total. The van der Waals surface area contributed by atoms with Crippen LogP contribution in [0, 0.1) is 11.3 Å². The summed E-state index contributed by atoms with van der Waals surface area (Å²) in [6.45, 7) is 3.50. The van der Waals surface area contributed by atoms with Gasteiger partial charge in [-0.05, 0) is 38.1 Å². The van der Waals surface area contributed by atoms with Gasteiger partial charge in [0.1, 0.15) is 22.5 Å². The monoisotopic (exact) mass is 461 g/mol. The molecule has 0 aliphatic carbocycles. The van der Waals surface area contributed by atoms with Crippen LogP contribution in [-0.4, -0.2) is 26.4 Å². The van der Waals surface area contributed by atoms with Gasteiger partial charge in [-0.2, -0.15) is 5.26 Å². The van der Waals surface area contributed by atoms with Crippen LogP contribution >= 0.6 is 0 Å². The Morgan fingerprint density at radius 3 is 2.52 bits per heavy atom. The fourth-order valence-corrected chi connectivity index (χ4v) is 3.54. The number of methoxy groups -OCH3 is 1. The van der Waals surface area contributed by atoms with Crippen molar-refractivity contribution in [1.29, 1.82) is 5.26 Å². The Kier molecular flexibility index (Phi) is 7.78. The van der Waals surface area contributed by atoms with E-state index in [-0.39, 0.29) is 11.6 Å². The van der Waals surface area contributed by atoms with Gasteiger partial charge in [-0.25, -0.2) is 14.2 Å². The van der Waals surface area contributed by atoms with E-state index in [0.29, 0.717) is 38.8 Å². The van der Waals surface area contributed by atoms with Gasteiger partial charge in [0.05, 0.1) is 29.8 Å². The van der Waals surface area contributed by atoms with E-state index in [2.05, 4.69) is 26.1 Å². The number of aromatic hydroxyl groups is 1. The number of nitrogens with one attached hydrogen (secondary N) is 2. The van der Waals surface area contributed by atoms with Crippen molar-refractivity contribution < 1.29 is 14.1 Å². The smallest absolute Gasteiger partial charge is 0.182 e. The molecule has 168 valence electrons. The number of nitriles is 1. The van der Waals surface area contributed by atoms with Gasteiger partial charge in [-0.15, -0.1) is 0 Å². The summed E-state index contributed by atoms with van der Waals surface area (Å²) in [6, 6.07) is 14.0. The lowest BCUT2D eigenvalue weighted by Crippen LogP contribution is -2.10. The predicted octanol–water partition coefficient (Wildman–Crippen LogP) is 5.09. The molecule has 33 heavy (non-hydrogen) atoms. The molecule has 3 rings (SSSR count). The minimum atomic E-state index is -1.69. The molecule has 0 aliphatic heterocycles. The number of phenols is 1. The third-order valence-corrected chi connectivity index (χ3v) is 5.48. The minimum absolute atomic E-state index is 0.0133. The molecular weight excluding hydrogens is 438 g/mol. The molecule has 1 heterocycles. The van der Waals surface area contributed by atoms with Crippen LogP contribution in [0.5, 0.6) is 11.5 Å². The second kappa shape index (κ2) is 10.9. The third kappa shape index (κ3) is 6.18. The number of rotatable bonds is 8. The van der Waals surface area contributed by atoms with E-state index < -0.39 is 11.0 Å². The third-order valence-electron chi connectivity index (χ3n) is 4.40. The van der Waals surface area contributed by atoms with Crippen LogP contribution in [0.1, 0.15) is 13.8 Å². The minimum Gasteiger partial charge on any atom is -0.508 e. The van der Waals surface area contributed by atoms with Crippen molar-refractivity contribution in [2.75, 3.05) is 17.1 Å². The molecule has 1 unspecified atom stereocenters. The molecule has 0 saturated carbocycles. The average Bonchev–Trinajstić information content (AvgIpc) is 2.81. The van der Waals surface area contributed by atoms with Gasteiger partial charge < -0.3 is 15.2 Å². The molecule has 2 aromatic carbocycles. The molecule has 0 aliphatic rings. The zero-order valence-electron chi connectivity index (χ0n) is 18.4. The van der Waals surface area contributed by atoms with Crippen molar-refractivity contribution in [3.05, 3.63) is 77.2 Å². The predicted molar refractivity (Wildman–Crippen MR) is 132 cm³/mol. The lowest BCUT2D eigenvalue weighted by molar-refractivity contribution is 0.408. The van der Waals surface area contributed by atoms with Gasteiger partial charge in [0.2, 0.25) is 0 Å². The molecule has 1 aromatic heterocycles. The fraction of sp³-hybridized carbons (Fsp3) is 0.125. The molecular formula is C24H23N5O3S. The van der Waals surface area contributed by atoms with E-state index in [0.717, 1.165) is 0 Å². The number of aromatic nitrogens is 2. The largest absolute Gasteiger partial charge is 0.508 e. The van der Waals surface area contributed by atoms with Crippen molar-refractivity contribution in [2.45, 2.75) is 13.8 Å². The Bertz CT molecular complexity index is 1330. The van der Waals surface area contributed by atoms with Crippen LogP contribution in [0.3, 0.4) is 0 Å². The maximum Gasteiger partial charge on any atom is 0.182 e. The normalized spacial score (nSPS) is 13.0. The van der Waals surface area contributed by atoms with E-state index >= 15 is 0 Å². The number of fused-ring (bicyclic) bond motifs is 1. The first-order chi connectivity index (χ1) is 15.9. The molecule has 1 atom stereocenters. The second-order valence-electron chi connectivity index (χ2n) is 6.84. The molecule has 3 aromatic rings. The Balaban J connectivity index is 1.98. The van der Waals surface area contributed by atoms with Crippen molar-refractivity contribution in [3.8, 4) is 17.6 Å². The lowest BCUT2D eigenvalue weighted by Gasteiger charge is -2.14. The van der Waals surface area contributed by atoms with E-state index in [1.54, 1.807) is 43.4 Å². The van der Waals surface area contributed by atoms with Crippen LogP contribution in [0.2, 0.25) is 0 Å². The first-order valence-electron chi connectivity index (χ1n) is 9.95. The topological polar surface area (TPSA) is 120 Å². The average molecular weight is 462 g/mol. The Labute approximate surface area is 194 Å². The summed E-state index contributed by atoms with van der Waals surface area (Å²) < 4.78 is 21.0. The van der Waals surface area contributed by atoms with E-state index in [1.807, 2.05) is 25.1 Å². The number of benzene rings is 2. The standard InChI is InChI=1S/C24H23N5O3S/c1-4-5-8-17(15-25)11-16(2)33(31)29-24-23(27-21-9-6-7-10-22(21)28-24)26-18-12-19(30)14-20(13-18)32-3/h4-14,30H,1-3H3,(H,26,27)(H,28,29)/b5-4-,16-11+,17-8+. The number of hydrogen-bond donors (Lipinski definition) is 3. The number of anilines is 3. The molecule has 0 saturated heterocycles. The SMILES string of the molecule is C\C=C/C=C(C#N)\C=C(/C)S(=O)Nc1nc2ccccc2nc1Nc1cc(O)cc(OC)c1. The molecule has 9 heteroatoms. The van der Waals surface area contributed by atoms with Crippen LogP contribution in [0.4, 0.5) is 17.3 Å². The van der Waals surface area contributed by atoms with E-state index in [1.165, 1.54) is 19.2 Å². The number of phenolic OH excluding ortho intramolecular Hbond substituents is 1. The first-order valence-corrected chi connectivity index (χ1v) is 11.1. The van der Waals surface area contributed by atoms with Gasteiger partial charge in [-0.3, -0.25) is 4.72 Å². The molecule has 0 radical (unpaired) electrons. The Hall–Kier alpha value is -4.16. The summed E-state index contributed by atoms with van der Waals surface area (Å²) in [5, 5.41) is 22.4. The van der Waals surface area contributed by atoms with Crippen molar-refractivity contribution >= 4 is 39.3 Å². The summed E-state index contributed by atoms with van der Waals surface area (Å²) in [7, 11) is -0.187. The van der Waals surface area contributed by atoms with Crippen LogP contribution in [0.25, 0.3) is 11.0 Å². The van der Waals surface area contributed by atoms with E-state index in [9.17, 15) is 14.6 Å². The number of allylic oxidation sites excluding steroid dienone is 6. The summed E-state index contributed by atoms with van der Waals surface area (Å²) in [4.78, 5) is 9.60. The first kappa shape index (κ1) is 23.5. The van der Waals surface area contributed by atoms with Crippen LogP contribution < -0.4 is 14.8 Å². The summed E-state index contributed by atoms with van der Waals surface area (Å²) in [6.07, 6.45) is 6.72. The highest BCUT2D eigenvalue weighted by Crippen LogP contribution is 2.30. The Morgan fingerprint density at radius 1 is 1.18 bits per heavy atom. The van der Waals surface area contributed by atoms with Gasteiger partial charge in [0.25, 0.3) is 0 Å². The van der Waals surface area contributed by atoms with E-state index in [4.69, 9.17) is 4.74 Å². The second-order valence-corrected chi connectivity index (χ2v) is 8.23. The molecule has 0 fully saturated rings. The highest BCUT2D eigenvalue weighted by molar-refractivity contribution is 7.90. The summed E-state index contributed by atoms with van der Waals surface area (Å²) in [5.74, 6) is 1.03. The molecule has 0 amide bonds. The fourth-order valence-electron chi connectivity index (χ4n) is 2.83. The van der Waals surface area contributed by atoms with Gasteiger partial charge in [-0.1, -0.05) is 24.3 Å². The summed E-state index contributed by atoms with van der Waals surface area (Å²) >= 11 is 0. The van der Waals surface area contributed by atoms with Crippen LogP contribution in [0.15, 0.2) is 77.2 Å². The number of hydrogen-bond acceptors (Lipinski definition) is 7. The number of para-hydroxylation sites is 2. The highest BCUT2D eigenvalue weighted by Gasteiger charge is 2.14. The summed E-state index contributed by atoms with van der Waals surface area (Å²) in [5.41, 5.74) is 2.13. The zero-order valence-corrected chi connectivity index (χ0v) is 19.2. The van der Waals surface area contributed by atoms with Gasteiger partial charge in [0.15, 0.2) is 11.6 Å². The van der Waals surface area contributed by atoms with Crippen molar-refractivity contribution in [2.24, 2.45) is 0 Å². The Morgan fingerprint density at radius 2 is 1.88 bits per heavy atom. The molecule has 0 bridgehead atoms. The maximum absolute atomic E-state index is 13.0. The van der Waals surface area contributed by atoms with Crippen molar-refractivity contribution in [1.82, 2.24) is 9.97 Å². The van der Waals surface area contributed by atoms with Gasteiger partial charge in [0, 0.05) is 28.8 Å². The number of ether oxygens (including phenoxy) is 1.